The third kappa shape index (κ3) is 6.80. The minimum atomic E-state index is 0.0779. The summed E-state index contributed by atoms with van der Waals surface area (Å²) in [5.41, 5.74) is 0. The van der Waals surface area contributed by atoms with E-state index in [1.807, 2.05) is 41.6 Å². The standard InChI is InChI=1S/C22H26N2O2S3/c1-23(22(26)20-10-7-15-29-20)12-4-2-3-11-21(25)24(16-18-8-5-13-27-18)17-19-9-6-14-28-19/h5-10,13-15H,2-4,11-12,16-17H2,1H3. The molecule has 0 fully saturated rings. The molecule has 3 heterocycles. The molecule has 3 rings (SSSR count). The normalized spacial score (nSPS) is 10.8. The van der Waals surface area contributed by atoms with Crippen LogP contribution >= 0.6 is 34.0 Å². The zero-order valence-corrected chi connectivity index (χ0v) is 19.0. The molecule has 0 atom stereocenters. The Labute approximate surface area is 184 Å². The summed E-state index contributed by atoms with van der Waals surface area (Å²) >= 11 is 4.85. The van der Waals surface area contributed by atoms with Gasteiger partial charge in [-0.15, -0.1) is 34.0 Å². The number of carbonyl (C=O) groups excluding carboxylic acids is 2. The number of nitrogens with zero attached hydrogens (tertiary/aromatic N) is 2. The molecule has 3 aromatic heterocycles. The Morgan fingerprint density at radius 3 is 2.00 bits per heavy atom. The Balaban J connectivity index is 1.41. The van der Waals surface area contributed by atoms with E-state index in [4.69, 9.17) is 0 Å². The highest BCUT2D eigenvalue weighted by Gasteiger charge is 2.16. The first-order valence-corrected chi connectivity index (χ1v) is 12.4. The molecule has 4 nitrogen and oxygen atoms in total. The van der Waals surface area contributed by atoms with Gasteiger partial charge in [0.1, 0.15) is 0 Å². The van der Waals surface area contributed by atoms with Crippen LogP contribution in [0.1, 0.15) is 45.1 Å². The molecule has 7 heteroatoms. The van der Waals surface area contributed by atoms with Crippen molar-refractivity contribution in [2.24, 2.45) is 0 Å². The zero-order valence-electron chi connectivity index (χ0n) is 16.6. The van der Waals surface area contributed by atoms with E-state index in [2.05, 4.69) is 22.9 Å². The van der Waals surface area contributed by atoms with Crippen LogP contribution in [0.5, 0.6) is 0 Å². The fourth-order valence-corrected chi connectivity index (χ4v) is 5.22. The summed E-state index contributed by atoms with van der Waals surface area (Å²) in [6.07, 6.45) is 3.26. The fourth-order valence-electron chi connectivity index (χ4n) is 3.06. The summed E-state index contributed by atoms with van der Waals surface area (Å²) in [7, 11) is 1.84. The maximum absolute atomic E-state index is 12.8. The molecule has 0 aromatic carbocycles. The molecule has 0 unspecified atom stereocenters. The van der Waals surface area contributed by atoms with Gasteiger partial charge < -0.3 is 9.80 Å². The predicted octanol–water partition coefficient (Wildman–Crippen LogP) is 5.73. The van der Waals surface area contributed by atoms with Gasteiger partial charge in [-0.3, -0.25) is 9.59 Å². The maximum atomic E-state index is 12.8. The Morgan fingerprint density at radius 1 is 0.828 bits per heavy atom. The Bertz CT molecular complexity index is 822. The SMILES string of the molecule is CN(CCCCCC(=O)N(Cc1cccs1)Cc1cccs1)C(=O)c1cccs1. The molecule has 0 bridgehead atoms. The Morgan fingerprint density at radius 2 is 1.45 bits per heavy atom. The number of amides is 2. The molecule has 0 saturated carbocycles. The number of unbranched alkanes of at least 4 members (excludes halogenated alkanes) is 2. The smallest absolute Gasteiger partial charge is 0.263 e. The van der Waals surface area contributed by atoms with Crippen LogP contribution in [-0.4, -0.2) is 35.2 Å². The number of hydrogen-bond acceptors (Lipinski definition) is 5. The largest absolute Gasteiger partial charge is 0.341 e. The van der Waals surface area contributed by atoms with Crippen molar-refractivity contribution in [1.82, 2.24) is 9.80 Å². The second-order valence-electron chi connectivity index (χ2n) is 6.92. The minimum Gasteiger partial charge on any atom is -0.341 e. The molecule has 0 aliphatic carbocycles. The van der Waals surface area contributed by atoms with Gasteiger partial charge in [0, 0.05) is 29.8 Å². The lowest BCUT2D eigenvalue weighted by molar-refractivity contribution is -0.132. The van der Waals surface area contributed by atoms with Crippen molar-refractivity contribution >= 4 is 45.8 Å². The van der Waals surface area contributed by atoms with Gasteiger partial charge in [-0.2, -0.15) is 0 Å². The maximum Gasteiger partial charge on any atom is 0.263 e. The highest BCUT2D eigenvalue weighted by molar-refractivity contribution is 7.12. The predicted molar refractivity (Wildman–Crippen MR) is 123 cm³/mol. The van der Waals surface area contributed by atoms with Crippen LogP contribution in [0.3, 0.4) is 0 Å². The quantitative estimate of drug-likeness (QED) is 0.353. The zero-order chi connectivity index (χ0) is 20.5. The van der Waals surface area contributed by atoms with Crippen LogP contribution in [0, 0.1) is 0 Å². The number of hydrogen-bond donors (Lipinski definition) is 0. The molecule has 0 radical (unpaired) electrons. The lowest BCUT2D eigenvalue weighted by atomic mass is 10.1. The van der Waals surface area contributed by atoms with Gasteiger partial charge in [0.2, 0.25) is 5.91 Å². The second kappa shape index (κ2) is 11.3. The minimum absolute atomic E-state index is 0.0779. The number of thiophene rings is 3. The molecule has 29 heavy (non-hydrogen) atoms. The van der Waals surface area contributed by atoms with Crippen LogP contribution in [0.25, 0.3) is 0 Å². The van der Waals surface area contributed by atoms with Crippen LogP contribution in [0.15, 0.2) is 52.5 Å². The highest BCUT2D eigenvalue weighted by Crippen LogP contribution is 2.19. The monoisotopic (exact) mass is 446 g/mol. The molecule has 0 N–H and O–H groups in total. The summed E-state index contributed by atoms with van der Waals surface area (Å²) in [6, 6.07) is 12.0. The first kappa shape index (κ1) is 21.7. The van der Waals surface area contributed by atoms with Gasteiger partial charge in [-0.1, -0.05) is 24.6 Å². The van der Waals surface area contributed by atoms with E-state index in [1.54, 1.807) is 27.6 Å². The van der Waals surface area contributed by atoms with Crippen LogP contribution in [0.4, 0.5) is 0 Å². The molecule has 3 aromatic rings. The molecule has 0 saturated heterocycles. The lowest BCUT2D eigenvalue weighted by Gasteiger charge is -2.22. The summed E-state index contributed by atoms with van der Waals surface area (Å²) in [6.45, 7) is 2.07. The van der Waals surface area contributed by atoms with E-state index in [-0.39, 0.29) is 11.8 Å². The first-order valence-electron chi connectivity index (χ1n) is 9.75. The van der Waals surface area contributed by atoms with Crippen molar-refractivity contribution in [2.75, 3.05) is 13.6 Å². The lowest BCUT2D eigenvalue weighted by Crippen LogP contribution is -2.29. The Kier molecular flexibility index (Phi) is 8.46. The van der Waals surface area contributed by atoms with Gasteiger partial charge in [0.15, 0.2) is 0 Å². The molecule has 2 amide bonds. The molecule has 0 spiro atoms. The third-order valence-corrected chi connectivity index (χ3v) is 7.25. The van der Waals surface area contributed by atoms with Gasteiger partial charge >= 0.3 is 0 Å². The van der Waals surface area contributed by atoms with E-state index in [0.29, 0.717) is 19.5 Å². The summed E-state index contributed by atoms with van der Waals surface area (Å²) in [5, 5.41) is 6.03. The number of rotatable bonds is 11. The van der Waals surface area contributed by atoms with Gasteiger partial charge in [0.25, 0.3) is 5.91 Å². The molecular weight excluding hydrogens is 420 g/mol. The Hall–Kier alpha value is -1.96. The van der Waals surface area contributed by atoms with Crippen LogP contribution in [-0.2, 0) is 17.9 Å². The van der Waals surface area contributed by atoms with Crippen LogP contribution < -0.4 is 0 Å². The highest BCUT2D eigenvalue weighted by atomic mass is 32.1. The molecular formula is C22H26N2O2S3. The van der Waals surface area contributed by atoms with Crippen molar-refractivity contribution in [3.63, 3.8) is 0 Å². The molecule has 154 valence electrons. The van der Waals surface area contributed by atoms with Crippen molar-refractivity contribution in [1.29, 1.82) is 0 Å². The number of carbonyl (C=O) groups is 2. The van der Waals surface area contributed by atoms with Gasteiger partial charge in [0.05, 0.1) is 18.0 Å². The van der Waals surface area contributed by atoms with E-state index in [0.717, 1.165) is 30.7 Å². The van der Waals surface area contributed by atoms with E-state index in [1.165, 1.54) is 21.1 Å². The summed E-state index contributed by atoms with van der Waals surface area (Å²) < 4.78 is 0. The van der Waals surface area contributed by atoms with E-state index >= 15 is 0 Å². The van der Waals surface area contributed by atoms with Gasteiger partial charge in [-0.25, -0.2) is 0 Å². The van der Waals surface area contributed by atoms with Crippen molar-refractivity contribution in [3.05, 3.63) is 67.2 Å². The second-order valence-corrected chi connectivity index (χ2v) is 9.94. The van der Waals surface area contributed by atoms with Crippen LogP contribution in [0.2, 0.25) is 0 Å². The van der Waals surface area contributed by atoms with E-state index < -0.39 is 0 Å². The third-order valence-electron chi connectivity index (χ3n) is 4.67. The average molecular weight is 447 g/mol. The van der Waals surface area contributed by atoms with Crippen molar-refractivity contribution in [3.8, 4) is 0 Å². The van der Waals surface area contributed by atoms with Gasteiger partial charge in [-0.05, 0) is 47.2 Å². The topological polar surface area (TPSA) is 40.6 Å². The van der Waals surface area contributed by atoms with E-state index in [9.17, 15) is 9.59 Å². The van der Waals surface area contributed by atoms with Crippen molar-refractivity contribution in [2.45, 2.75) is 38.8 Å². The summed E-state index contributed by atoms with van der Waals surface area (Å²) in [5.74, 6) is 0.281. The molecule has 0 aliphatic heterocycles. The fraction of sp³-hybridized carbons (Fsp3) is 0.364. The summed E-state index contributed by atoms with van der Waals surface area (Å²) in [4.78, 5) is 32.0. The first-order chi connectivity index (χ1) is 14.1. The average Bonchev–Trinajstić information content (AvgIpc) is 3.49. The van der Waals surface area contributed by atoms with Crippen molar-refractivity contribution < 1.29 is 9.59 Å². The molecule has 0 aliphatic rings.